The van der Waals surface area contributed by atoms with Gasteiger partial charge >= 0.3 is 0 Å². The van der Waals surface area contributed by atoms with E-state index in [1.54, 1.807) is 24.3 Å². The summed E-state index contributed by atoms with van der Waals surface area (Å²) in [6, 6.07) is 15.6. The lowest BCUT2D eigenvalue weighted by Gasteiger charge is -2.23. The zero-order valence-electron chi connectivity index (χ0n) is 16.2. The number of nitrogens with zero attached hydrogens (tertiary/aromatic N) is 1. The molecular weight excluding hydrogens is 390 g/mol. The maximum absolute atomic E-state index is 12.8. The van der Waals surface area contributed by atoms with E-state index < -0.39 is 10.0 Å². The van der Waals surface area contributed by atoms with Gasteiger partial charge in [-0.3, -0.25) is 0 Å². The number of fused-ring (bicyclic) bond motifs is 1. The van der Waals surface area contributed by atoms with Gasteiger partial charge in [0.1, 0.15) is 5.58 Å². The Bertz CT molecular complexity index is 1160. The number of para-hydroxylation sites is 1. The summed E-state index contributed by atoms with van der Waals surface area (Å²) in [6.07, 6.45) is 2.59. The topological polar surface area (TPSA) is 78.1 Å². The molecule has 1 aromatic heterocycles. The van der Waals surface area contributed by atoms with Crippen LogP contribution in [0.2, 0.25) is 0 Å². The van der Waals surface area contributed by atoms with Crippen LogP contribution in [0.15, 0.2) is 68.3 Å². The average Bonchev–Trinajstić information content (AvgIpc) is 2.75. The highest BCUT2D eigenvalue weighted by molar-refractivity contribution is 7.90. The maximum Gasteiger partial charge on any atom is 0.285 e. The summed E-state index contributed by atoms with van der Waals surface area (Å²) >= 11 is 0. The minimum absolute atomic E-state index is 0.0425. The van der Waals surface area contributed by atoms with Crippen molar-refractivity contribution in [3.63, 3.8) is 0 Å². The fourth-order valence-electron chi connectivity index (χ4n) is 3.37. The lowest BCUT2D eigenvalue weighted by Crippen LogP contribution is -2.24. The third-order valence-corrected chi connectivity index (χ3v) is 6.28. The molecule has 1 fully saturated rings. The van der Waals surface area contributed by atoms with Gasteiger partial charge in [-0.2, -0.15) is 8.42 Å². The molecule has 6 nitrogen and oxygen atoms in total. The van der Waals surface area contributed by atoms with Gasteiger partial charge in [0.15, 0.2) is 6.29 Å². The van der Waals surface area contributed by atoms with Gasteiger partial charge in [0.25, 0.3) is 10.0 Å². The Labute approximate surface area is 169 Å². The summed E-state index contributed by atoms with van der Waals surface area (Å²) in [5.74, 6) is 0. The Morgan fingerprint density at radius 2 is 1.83 bits per heavy atom. The molecule has 2 aromatic carbocycles. The van der Waals surface area contributed by atoms with E-state index in [1.165, 1.54) is 12.1 Å². The van der Waals surface area contributed by atoms with Crippen LogP contribution in [0.5, 0.6) is 0 Å². The maximum atomic E-state index is 12.8. The van der Waals surface area contributed by atoms with E-state index in [0.29, 0.717) is 17.8 Å². The molecule has 1 saturated heterocycles. The normalized spacial score (nSPS) is 18.2. The van der Waals surface area contributed by atoms with Crippen molar-refractivity contribution in [1.82, 2.24) is 0 Å². The molecule has 2 heterocycles. The van der Waals surface area contributed by atoms with Gasteiger partial charge in [0.2, 0.25) is 5.55 Å². The van der Waals surface area contributed by atoms with E-state index in [0.717, 1.165) is 30.2 Å². The molecule has 0 N–H and O–H groups in total. The molecule has 0 aliphatic carbocycles. The number of ether oxygens (including phenoxy) is 2. The van der Waals surface area contributed by atoms with Crippen LogP contribution in [-0.4, -0.2) is 21.3 Å². The SMILES string of the molecule is Cc1c(COC2CCCCO2)/c(=N/S(=O)(=O)c2ccccc2)oc2ccccc12. The number of aryl methyl sites for hydroxylation is 1. The molecule has 1 aliphatic heterocycles. The molecule has 0 saturated carbocycles. The first-order chi connectivity index (χ1) is 14.0. The van der Waals surface area contributed by atoms with Crippen molar-refractivity contribution < 1.29 is 22.3 Å². The van der Waals surface area contributed by atoms with Crippen LogP contribution in [0.1, 0.15) is 30.4 Å². The Kier molecular flexibility index (Phi) is 5.80. The van der Waals surface area contributed by atoms with Crippen LogP contribution < -0.4 is 5.55 Å². The minimum atomic E-state index is -3.92. The van der Waals surface area contributed by atoms with Crippen LogP contribution >= 0.6 is 0 Å². The lowest BCUT2D eigenvalue weighted by atomic mass is 10.1. The molecule has 0 amide bonds. The second kappa shape index (κ2) is 8.49. The number of hydrogen-bond donors (Lipinski definition) is 0. The Hall–Kier alpha value is -2.48. The third-order valence-electron chi connectivity index (χ3n) is 5.00. The van der Waals surface area contributed by atoms with Crippen molar-refractivity contribution in [2.75, 3.05) is 6.61 Å². The van der Waals surface area contributed by atoms with Crippen molar-refractivity contribution in [2.24, 2.45) is 4.40 Å². The molecule has 1 aliphatic rings. The Balaban J connectivity index is 1.80. The first kappa shape index (κ1) is 19.8. The van der Waals surface area contributed by atoms with Gasteiger partial charge in [-0.25, -0.2) is 0 Å². The first-order valence-electron chi connectivity index (χ1n) is 9.65. The molecular formula is C22H23NO5S. The molecule has 29 heavy (non-hydrogen) atoms. The second-order valence-electron chi connectivity index (χ2n) is 6.99. The Morgan fingerprint density at radius 3 is 2.59 bits per heavy atom. The summed E-state index contributed by atoms with van der Waals surface area (Å²) in [5.41, 5.74) is 2.10. The zero-order chi connectivity index (χ0) is 20.3. The van der Waals surface area contributed by atoms with Gasteiger partial charge in [-0.15, -0.1) is 4.40 Å². The summed E-state index contributed by atoms with van der Waals surface area (Å²) in [5, 5.41) is 0.895. The van der Waals surface area contributed by atoms with Gasteiger partial charge in [-0.05, 0) is 49.9 Å². The van der Waals surface area contributed by atoms with E-state index in [9.17, 15) is 8.42 Å². The van der Waals surface area contributed by atoms with E-state index in [2.05, 4.69) is 4.40 Å². The summed E-state index contributed by atoms with van der Waals surface area (Å²) in [4.78, 5) is 0.114. The largest absolute Gasteiger partial charge is 0.437 e. The van der Waals surface area contributed by atoms with Crippen molar-refractivity contribution in [1.29, 1.82) is 0 Å². The highest BCUT2D eigenvalue weighted by atomic mass is 32.2. The fraction of sp³-hybridized carbons (Fsp3) is 0.318. The van der Waals surface area contributed by atoms with Crippen LogP contribution in [0.25, 0.3) is 11.0 Å². The molecule has 0 spiro atoms. The predicted molar refractivity (Wildman–Crippen MR) is 109 cm³/mol. The van der Waals surface area contributed by atoms with Crippen LogP contribution in [0.3, 0.4) is 0 Å². The third kappa shape index (κ3) is 4.42. The van der Waals surface area contributed by atoms with Crippen LogP contribution in [0, 0.1) is 6.92 Å². The van der Waals surface area contributed by atoms with Gasteiger partial charge in [-0.1, -0.05) is 36.4 Å². The van der Waals surface area contributed by atoms with Gasteiger partial charge in [0.05, 0.1) is 11.5 Å². The van der Waals surface area contributed by atoms with E-state index in [-0.39, 0.29) is 23.3 Å². The van der Waals surface area contributed by atoms with Crippen molar-refractivity contribution >= 4 is 21.0 Å². The van der Waals surface area contributed by atoms with E-state index in [4.69, 9.17) is 13.9 Å². The fourth-order valence-corrected chi connectivity index (χ4v) is 4.34. The highest BCUT2D eigenvalue weighted by Crippen LogP contribution is 2.22. The van der Waals surface area contributed by atoms with Crippen LogP contribution in [0.4, 0.5) is 0 Å². The zero-order valence-corrected chi connectivity index (χ0v) is 17.0. The minimum Gasteiger partial charge on any atom is -0.437 e. The molecule has 0 bridgehead atoms. The standard InChI is InChI=1S/C22H23NO5S/c1-16-18-11-5-6-12-20(18)28-22(19(16)15-27-21-13-7-8-14-26-21)23-29(24,25)17-9-3-2-4-10-17/h2-6,9-12,21H,7-8,13-15H2,1H3/b23-22-. The molecule has 3 aromatic rings. The van der Waals surface area contributed by atoms with E-state index in [1.807, 2.05) is 25.1 Å². The number of rotatable bonds is 5. The van der Waals surface area contributed by atoms with E-state index >= 15 is 0 Å². The number of hydrogen-bond acceptors (Lipinski definition) is 5. The number of sulfonamides is 1. The van der Waals surface area contributed by atoms with Gasteiger partial charge < -0.3 is 13.9 Å². The summed E-state index contributed by atoms with van der Waals surface area (Å²) in [7, 11) is -3.92. The average molecular weight is 413 g/mol. The summed E-state index contributed by atoms with van der Waals surface area (Å²) in [6.45, 7) is 2.76. The highest BCUT2D eigenvalue weighted by Gasteiger charge is 2.19. The quantitative estimate of drug-likeness (QED) is 0.630. The van der Waals surface area contributed by atoms with Crippen molar-refractivity contribution in [3.8, 4) is 0 Å². The van der Waals surface area contributed by atoms with Crippen molar-refractivity contribution in [2.45, 2.75) is 44.0 Å². The molecule has 152 valence electrons. The molecule has 1 atom stereocenters. The molecule has 1 unspecified atom stereocenters. The number of benzene rings is 2. The summed E-state index contributed by atoms with van der Waals surface area (Å²) < 4.78 is 47.1. The predicted octanol–water partition coefficient (Wildman–Crippen LogP) is 4.07. The Morgan fingerprint density at radius 1 is 1.07 bits per heavy atom. The monoisotopic (exact) mass is 413 g/mol. The molecule has 4 rings (SSSR count). The smallest absolute Gasteiger partial charge is 0.285 e. The second-order valence-corrected chi connectivity index (χ2v) is 8.60. The molecule has 0 radical (unpaired) electrons. The van der Waals surface area contributed by atoms with Gasteiger partial charge in [0, 0.05) is 17.6 Å². The molecule has 7 heteroatoms. The van der Waals surface area contributed by atoms with Crippen LogP contribution in [-0.2, 0) is 26.1 Å². The first-order valence-corrected chi connectivity index (χ1v) is 11.1. The lowest BCUT2D eigenvalue weighted by molar-refractivity contribution is -0.169. The van der Waals surface area contributed by atoms with Crippen molar-refractivity contribution in [3.05, 3.63) is 71.3 Å².